The lowest BCUT2D eigenvalue weighted by Crippen LogP contribution is -2.46. The van der Waals surface area contributed by atoms with Crippen LogP contribution >= 0.6 is 0 Å². The molecule has 3 unspecified atom stereocenters. The second kappa shape index (κ2) is 8.08. The van der Waals surface area contributed by atoms with Crippen molar-refractivity contribution in [2.75, 3.05) is 27.9 Å². The molecule has 0 spiro atoms. The van der Waals surface area contributed by atoms with E-state index in [0.29, 0.717) is 17.9 Å². The summed E-state index contributed by atoms with van der Waals surface area (Å²) in [6.45, 7) is 7.45. The van der Waals surface area contributed by atoms with Gasteiger partial charge in [0.25, 0.3) is 0 Å². The average Bonchev–Trinajstić information content (AvgIpc) is 2.21. The summed E-state index contributed by atoms with van der Waals surface area (Å²) in [7, 11) is 5.54. The van der Waals surface area contributed by atoms with E-state index in [1.165, 1.54) is 0 Å². The molecule has 92 valence electrons. The Hall–Kier alpha value is -0.120. The molecule has 1 N–H and O–H groups in total. The van der Waals surface area contributed by atoms with Gasteiger partial charge in [-0.25, -0.2) is 0 Å². The third-order valence-electron chi connectivity index (χ3n) is 3.01. The van der Waals surface area contributed by atoms with Crippen molar-refractivity contribution in [1.29, 1.82) is 0 Å². The third-order valence-corrected chi connectivity index (χ3v) is 3.01. The number of hydrogen-bond acceptors (Lipinski definition) is 3. The van der Waals surface area contributed by atoms with Crippen LogP contribution in [0.5, 0.6) is 0 Å². The van der Waals surface area contributed by atoms with Crippen molar-refractivity contribution in [2.45, 2.75) is 39.3 Å². The van der Waals surface area contributed by atoms with E-state index >= 15 is 0 Å². The molecular weight excluding hydrogens is 190 g/mol. The Morgan fingerprint density at radius 2 is 1.73 bits per heavy atom. The SMILES string of the molecule is CNC(C(C)CCOC)C(OC)C(C)C. The Bertz CT molecular complexity index is 151. The second-order valence-corrected chi connectivity index (χ2v) is 4.52. The first-order valence-corrected chi connectivity index (χ1v) is 5.77. The average molecular weight is 217 g/mol. The summed E-state index contributed by atoms with van der Waals surface area (Å²) in [6.07, 6.45) is 1.33. The minimum absolute atomic E-state index is 0.266. The van der Waals surface area contributed by atoms with Crippen molar-refractivity contribution in [1.82, 2.24) is 5.32 Å². The maximum absolute atomic E-state index is 5.56. The van der Waals surface area contributed by atoms with Crippen LogP contribution in [0, 0.1) is 11.8 Å². The third kappa shape index (κ3) is 4.96. The highest BCUT2D eigenvalue weighted by atomic mass is 16.5. The number of rotatable bonds is 8. The Balaban J connectivity index is 4.29. The molecular formula is C12H27NO2. The largest absolute Gasteiger partial charge is 0.385 e. The zero-order chi connectivity index (χ0) is 11.8. The molecule has 0 aromatic carbocycles. The summed E-state index contributed by atoms with van der Waals surface area (Å²) in [5.74, 6) is 1.08. The summed E-state index contributed by atoms with van der Waals surface area (Å²) in [6, 6.07) is 0.394. The van der Waals surface area contributed by atoms with Gasteiger partial charge in [0.1, 0.15) is 0 Å². The summed E-state index contributed by atoms with van der Waals surface area (Å²) in [5, 5.41) is 3.36. The molecule has 0 saturated carbocycles. The van der Waals surface area contributed by atoms with Gasteiger partial charge in [0, 0.05) is 26.9 Å². The van der Waals surface area contributed by atoms with E-state index in [1.54, 1.807) is 14.2 Å². The zero-order valence-corrected chi connectivity index (χ0v) is 11.0. The molecule has 3 heteroatoms. The molecule has 3 nitrogen and oxygen atoms in total. The summed E-state index contributed by atoms with van der Waals surface area (Å²) in [5.41, 5.74) is 0. The normalized spacial score (nSPS) is 17.8. The molecule has 0 aromatic rings. The summed E-state index contributed by atoms with van der Waals surface area (Å²) < 4.78 is 10.7. The Morgan fingerprint density at radius 1 is 1.13 bits per heavy atom. The molecule has 0 bridgehead atoms. The number of nitrogens with one attached hydrogen (secondary N) is 1. The zero-order valence-electron chi connectivity index (χ0n) is 11.0. The van der Waals surface area contributed by atoms with E-state index < -0.39 is 0 Å². The number of methoxy groups -OCH3 is 2. The van der Waals surface area contributed by atoms with Gasteiger partial charge in [-0.15, -0.1) is 0 Å². The Labute approximate surface area is 94.5 Å². The molecule has 0 rings (SSSR count). The number of hydrogen-bond donors (Lipinski definition) is 1. The molecule has 0 fully saturated rings. The van der Waals surface area contributed by atoms with E-state index in [1.807, 2.05) is 7.05 Å². The van der Waals surface area contributed by atoms with Gasteiger partial charge in [-0.1, -0.05) is 20.8 Å². The van der Waals surface area contributed by atoms with Gasteiger partial charge >= 0.3 is 0 Å². The molecule has 0 aliphatic carbocycles. The second-order valence-electron chi connectivity index (χ2n) is 4.52. The molecule has 0 saturated heterocycles. The smallest absolute Gasteiger partial charge is 0.0749 e. The first kappa shape index (κ1) is 14.9. The maximum Gasteiger partial charge on any atom is 0.0749 e. The van der Waals surface area contributed by atoms with Crippen LogP contribution in [0.15, 0.2) is 0 Å². The van der Waals surface area contributed by atoms with Gasteiger partial charge < -0.3 is 14.8 Å². The first-order valence-electron chi connectivity index (χ1n) is 5.77. The van der Waals surface area contributed by atoms with Crippen molar-refractivity contribution >= 4 is 0 Å². The predicted molar refractivity (Wildman–Crippen MR) is 64.1 cm³/mol. The predicted octanol–water partition coefficient (Wildman–Crippen LogP) is 1.92. The summed E-state index contributed by atoms with van der Waals surface area (Å²) in [4.78, 5) is 0. The highest BCUT2D eigenvalue weighted by molar-refractivity contribution is 4.82. The highest BCUT2D eigenvalue weighted by Gasteiger charge is 2.27. The van der Waals surface area contributed by atoms with Crippen LogP contribution in [-0.4, -0.2) is 40.0 Å². The lowest BCUT2D eigenvalue weighted by atomic mass is 9.88. The minimum Gasteiger partial charge on any atom is -0.385 e. The van der Waals surface area contributed by atoms with Crippen LogP contribution in [0.4, 0.5) is 0 Å². The quantitative estimate of drug-likeness (QED) is 0.674. The van der Waals surface area contributed by atoms with Gasteiger partial charge in [0.2, 0.25) is 0 Å². The van der Waals surface area contributed by atoms with E-state index in [0.717, 1.165) is 13.0 Å². The molecule has 0 aromatic heterocycles. The fourth-order valence-electron chi connectivity index (χ4n) is 2.09. The fraction of sp³-hybridized carbons (Fsp3) is 1.00. The lowest BCUT2D eigenvalue weighted by Gasteiger charge is -2.33. The van der Waals surface area contributed by atoms with Gasteiger partial charge in [-0.05, 0) is 25.3 Å². The summed E-state index contributed by atoms with van der Waals surface area (Å²) >= 11 is 0. The Morgan fingerprint density at radius 3 is 2.07 bits per heavy atom. The topological polar surface area (TPSA) is 30.5 Å². The lowest BCUT2D eigenvalue weighted by molar-refractivity contribution is 0.0148. The van der Waals surface area contributed by atoms with Crippen molar-refractivity contribution in [3.8, 4) is 0 Å². The highest BCUT2D eigenvalue weighted by Crippen LogP contribution is 2.19. The van der Waals surface area contributed by atoms with E-state index in [-0.39, 0.29) is 6.10 Å². The standard InChI is InChI=1S/C12H27NO2/c1-9(2)12(15-6)11(13-4)10(3)7-8-14-5/h9-13H,7-8H2,1-6H3. The van der Waals surface area contributed by atoms with Crippen LogP contribution < -0.4 is 5.32 Å². The molecule has 15 heavy (non-hydrogen) atoms. The Kier molecular flexibility index (Phi) is 8.02. The minimum atomic E-state index is 0.266. The van der Waals surface area contributed by atoms with Gasteiger partial charge in [-0.3, -0.25) is 0 Å². The molecule has 3 atom stereocenters. The van der Waals surface area contributed by atoms with Crippen LogP contribution in [0.3, 0.4) is 0 Å². The number of ether oxygens (including phenoxy) is 2. The van der Waals surface area contributed by atoms with E-state index in [9.17, 15) is 0 Å². The van der Waals surface area contributed by atoms with Crippen molar-refractivity contribution in [3.05, 3.63) is 0 Å². The molecule has 0 amide bonds. The van der Waals surface area contributed by atoms with E-state index in [4.69, 9.17) is 9.47 Å². The van der Waals surface area contributed by atoms with Crippen molar-refractivity contribution in [3.63, 3.8) is 0 Å². The molecule has 0 aliphatic heterocycles. The van der Waals surface area contributed by atoms with Gasteiger partial charge in [0.05, 0.1) is 6.10 Å². The molecule has 0 heterocycles. The van der Waals surface area contributed by atoms with Gasteiger partial charge in [0.15, 0.2) is 0 Å². The number of likely N-dealkylation sites (N-methyl/N-ethyl adjacent to an activating group) is 1. The van der Waals surface area contributed by atoms with Gasteiger partial charge in [-0.2, -0.15) is 0 Å². The van der Waals surface area contributed by atoms with Crippen molar-refractivity contribution < 1.29 is 9.47 Å². The van der Waals surface area contributed by atoms with Crippen LogP contribution in [0.2, 0.25) is 0 Å². The molecule has 0 aliphatic rings. The van der Waals surface area contributed by atoms with E-state index in [2.05, 4.69) is 26.1 Å². The monoisotopic (exact) mass is 217 g/mol. The fourth-order valence-corrected chi connectivity index (χ4v) is 2.09. The van der Waals surface area contributed by atoms with Crippen molar-refractivity contribution in [2.24, 2.45) is 11.8 Å². The maximum atomic E-state index is 5.56. The van der Waals surface area contributed by atoms with Crippen LogP contribution in [0.1, 0.15) is 27.2 Å². The van der Waals surface area contributed by atoms with Crippen LogP contribution in [0.25, 0.3) is 0 Å². The first-order chi connectivity index (χ1) is 7.08. The van der Waals surface area contributed by atoms with Crippen LogP contribution in [-0.2, 0) is 9.47 Å². The molecule has 0 radical (unpaired) electrons.